The molecule has 0 N–H and O–H groups in total. The van der Waals surface area contributed by atoms with E-state index in [1.165, 1.54) is 0 Å². The SMILES string of the molecule is CCc1ccnc(OC(=S)Oc2ccccn2)c1. The van der Waals surface area contributed by atoms with Gasteiger partial charge in [-0.3, -0.25) is 0 Å². The zero-order chi connectivity index (χ0) is 12.8. The van der Waals surface area contributed by atoms with Crippen molar-refractivity contribution in [1.82, 2.24) is 9.97 Å². The second kappa shape index (κ2) is 6.07. The van der Waals surface area contributed by atoms with Gasteiger partial charge < -0.3 is 9.47 Å². The second-order valence-electron chi connectivity index (χ2n) is 3.48. The minimum absolute atomic E-state index is 0.0190. The number of ether oxygens (including phenoxy) is 2. The summed E-state index contributed by atoms with van der Waals surface area (Å²) in [7, 11) is 0. The highest BCUT2D eigenvalue weighted by Crippen LogP contribution is 2.12. The predicted octanol–water partition coefficient (Wildman–Crippen LogP) is 2.78. The summed E-state index contributed by atoms with van der Waals surface area (Å²) >= 11 is 4.97. The summed E-state index contributed by atoms with van der Waals surface area (Å²) in [4.78, 5) is 8.04. The Morgan fingerprint density at radius 1 is 1.11 bits per heavy atom. The third-order valence-electron chi connectivity index (χ3n) is 2.22. The van der Waals surface area contributed by atoms with Gasteiger partial charge in [-0.1, -0.05) is 13.0 Å². The number of aryl methyl sites for hydroxylation is 1. The fourth-order valence-corrected chi connectivity index (χ4v) is 1.50. The molecule has 2 rings (SSSR count). The number of hydrogen-bond donors (Lipinski definition) is 0. The van der Waals surface area contributed by atoms with Gasteiger partial charge in [0.25, 0.3) is 0 Å². The highest BCUT2D eigenvalue weighted by molar-refractivity contribution is 7.79. The van der Waals surface area contributed by atoms with Crippen molar-refractivity contribution in [2.75, 3.05) is 0 Å². The van der Waals surface area contributed by atoms with E-state index >= 15 is 0 Å². The van der Waals surface area contributed by atoms with Crippen molar-refractivity contribution in [1.29, 1.82) is 0 Å². The lowest BCUT2D eigenvalue weighted by molar-refractivity contribution is 0.386. The van der Waals surface area contributed by atoms with E-state index in [2.05, 4.69) is 16.9 Å². The van der Waals surface area contributed by atoms with E-state index in [4.69, 9.17) is 21.7 Å². The summed E-state index contributed by atoms with van der Waals surface area (Å²) in [5, 5.41) is -0.0190. The third-order valence-corrected chi connectivity index (χ3v) is 2.39. The molecule has 2 aromatic rings. The first kappa shape index (κ1) is 12.4. The summed E-state index contributed by atoms with van der Waals surface area (Å²) in [5.74, 6) is 0.824. The molecule has 0 aliphatic heterocycles. The monoisotopic (exact) mass is 260 g/mol. The van der Waals surface area contributed by atoms with Crippen molar-refractivity contribution >= 4 is 17.5 Å². The summed E-state index contributed by atoms with van der Waals surface area (Å²) in [5.41, 5.74) is 1.13. The standard InChI is InChI=1S/C13H12N2O2S/c1-2-10-6-8-15-12(9-10)17-13(18)16-11-5-3-4-7-14-11/h3-9H,2H2,1H3. The average molecular weight is 260 g/mol. The molecule has 0 aliphatic carbocycles. The van der Waals surface area contributed by atoms with Crippen LogP contribution < -0.4 is 9.47 Å². The first-order chi connectivity index (χ1) is 8.78. The summed E-state index contributed by atoms with van der Waals surface area (Å²) in [6, 6.07) is 9.05. The third kappa shape index (κ3) is 3.49. The van der Waals surface area contributed by atoms with Crippen molar-refractivity contribution in [3.63, 3.8) is 0 Å². The molecule has 92 valence electrons. The molecule has 0 fully saturated rings. The molecule has 2 heterocycles. The lowest BCUT2D eigenvalue weighted by Gasteiger charge is -2.07. The Labute approximate surface area is 111 Å². The lowest BCUT2D eigenvalue weighted by atomic mass is 10.2. The van der Waals surface area contributed by atoms with Gasteiger partial charge in [-0.25, -0.2) is 9.97 Å². The van der Waals surface area contributed by atoms with Crippen molar-refractivity contribution in [3.8, 4) is 11.8 Å². The van der Waals surface area contributed by atoms with Crippen LogP contribution in [0.3, 0.4) is 0 Å². The summed E-state index contributed by atoms with van der Waals surface area (Å²) in [6.07, 6.45) is 4.21. The fraction of sp³-hybridized carbons (Fsp3) is 0.154. The topological polar surface area (TPSA) is 44.2 Å². The van der Waals surface area contributed by atoms with E-state index in [1.54, 1.807) is 30.6 Å². The van der Waals surface area contributed by atoms with Crippen LogP contribution in [-0.4, -0.2) is 15.2 Å². The predicted molar refractivity (Wildman–Crippen MR) is 71.7 cm³/mol. The van der Waals surface area contributed by atoms with E-state index in [0.29, 0.717) is 11.8 Å². The zero-order valence-electron chi connectivity index (χ0n) is 9.87. The van der Waals surface area contributed by atoms with Gasteiger partial charge in [0, 0.05) is 36.7 Å². The molecule has 4 nitrogen and oxygen atoms in total. The molecule has 2 aromatic heterocycles. The van der Waals surface area contributed by atoms with Crippen molar-refractivity contribution in [2.24, 2.45) is 0 Å². The van der Waals surface area contributed by atoms with Crippen LogP contribution >= 0.6 is 12.2 Å². The van der Waals surface area contributed by atoms with Crippen LogP contribution in [0.1, 0.15) is 12.5 Å². The quantitative estimate of drug-likeness (QED) is 0.794. The van der Waals surface area contributed by atoms with E-state index in [-0.39, 0.29) is 5.24 Å². The van der Waals surface area contributed by atoms with Crippen molar-refractivity contribution < 1.29 is 9.47 Å². The zero-order valence-corrected chi connectivity index (χ0v) is 10.7. The van der Waals surface area contributed by atoms with Gasteiger partial charge in [0.15, 0.2) is 0 Å². The van der Waals surface area contributed by atoms with Gasteiger partial charge in [0.1, 0.15) is 0 Å². The molecule has 0 aliphatic rings. The van der Waals surface area contributed by atoms with Crippen LogP contribution in [0.15, 0.2) is 42.7 Å². The number of pyridine rings is 2. The Kier molecular flexibility index (Phi) is 4.20. The van der Waals surface area contributed by atoms with Gasteiger partial charge in [-0.15, -0.1) is 0 Å². The van der Waals surface area contributed by atoms with Crippen molar-refractivity contribution in [3.05, 3.63) is 48.3 Å². The van der Waals surface area contributed by atoms with Crippen LogP contribution in [0, 0.1) is 0 Å². The fourth-order valence-electron chi connectivity index (χ4n) is 1.33. The summed E-state index contributed by atoms with van der Waals surface area (Å²) in [6.45, 7) is 2.06. The van der Waals surface area contributed by atoms with Crippen molar-refractivity contribution in [2.45, 2.75) is 13.3 Å². The first-order valence-corrected chi connectivity index (χ1v) is 5.94. The molecule has 0 amide bonds. The molecule has 0 atom stereocenters. The molecule has 0 bridgehead atoms. The second-order valence-corrected chi connectivity index (χ2v) is 3.81. The normalized spacial score (nSPS) is 9.83. The molecule has 0 aromatic carbocycles. The number of thiocarbonyl (C=S) groups is 1. The number of nitrogens with zero attached hydrogens (tertiary/aromatic N) is 2. The largest absolute Gasteiger partial charge is 0.398 e. The smallest absolute Gasteiger partial charge is 0.366 e. The van der Waals surface area contributed by atoms with Crippen LogP contribution in [0.5, 0.6) is 11.8 Å². The molecule has 0 saturated heterocycles. The summed E-state index contributed by atoms with van der Waals surface area (Å²) < 4.78 is 10.6. The Morgan fingerprint density at radius 2 is 1.89 bits per heavy atom. The molecule has 18 heavy (non-hydrogen) atoms. The first-order valence-electron chi connectivity index (χ1n) is 5.53. The average Bonchev–Trinajstić information content (AvgIpc) is 2.40. The van der Waals surface area contributed by atoms with E-state index in [0.717, 1.165) is 12.0 Å². The van der Waals surface area contributed by atoms with Gasteiger partial charge in [0.2, 0.25) is 11.8 Å². The molecule has 0 spiro atoms. The molecule has 0 radical (unpaired) electrons. The van der Waals surface area contributed by atoms with Crippen LogP contribution in [-0.2, 0) is 6.42 Å². The molecular formula is C13H12N2O2S. The van der Waals surface area contributed by atoms with Crippen LogP contribution in [0.25, 0.3) is 0 Å². The highest BCUT2D eigenvalue weighted by atomic mass is 32.1. The number of rotatable bonds is 3. The Hall–Kier alpha value is -2.01. The van der Waals surface area contributed by atoms with E-state index < -0.39 is 0 Å². The Balaban J connectivity index is 1.99. The van der Waals surface area contributed by atoms with Gasteiger partial charge in [0.05, 0.1) is 0 Å². The van der Waals surface area contributed by atoms with E-state index in [9.17, 15) is 0 Å². The Bertz CT molecular complexity index is 532. The maximum absolute atomic E-state index is 5.32. The minimum Gasteiger partial charge on any atom is -0.398 e. The maximum atomic E-state index is 5.32. The molecule has 0 saturated carbocycles. The molecular weight excluding hydrogens is 248 g/mol. The molecule has 0 unspecified atom stereocenters. The minimum atomic E-state index is -0.0190. The highest BCUT2D eigenvalue weighted by Gasteiger charge is 2.05. The maximum Gasteiger partial charge on any atom is 0.366 e. The molecule has 5 heteroatoms. The van der Waals surface area contributed by atoms with Crippen LogP contribution in [0.2, 0.25) is 0 Å². The van der Waals surface area contributed by atoms with Gasteiger partial charge in [-0.05, 0) is 24.1 Å². The lowest BCUT2D eigenvalue weighted by Crippen LogP contribution is -2.14. The number of hydrogen-bond acceptors (Lipinski definition) is 5. The Morgan fingerprint density at radius 3 is 2.61 bits per heavy atom. The van der Waals surface area contributed by atoms with E-state index in [1.807, 2.05) is 12.1 Å². The van der Waals surface area contributed by atoms with Gasteiger partial charge in [-0.2, -0.15) is 0 Å². The number of aromatic nitrogens is 2. The van der Waals surface area contributed by atoms with Crippen LogP contribution in [0.4, 0.5) is 0 Å². The van der Waals surface area contributed by atoms with Gasteiger partial charge >= 0.3 is 5.24 Å².